The van der Waals surface area contributed by atoms with Gasteiger partial charge >= 0.3 is 16.1 Å². The molecule has 0 aromatic heterocycles. The highest BCUT2D eigenvalue weighted by Crippen LogP contribution is 2.20. The molecular formula is C11H14O5S. The Balaban J connectivity index is 2.81. The Hall–Kier alpha value is -1.56. The van der Waals surface area contributed by atoms with Crippen molar-refractivity contribution in [2.24, 2.45) is 0 Å². The van der Waals surface area contributed by atoms with Gasteiger partial charge in [0, 0.05) is 12.0 Å². The zero-order valence-electron chi connectivity index (χ0n) is 9.67. The summed E-state index contributed by atoms with van der Waals surface area (Å²) in [4.78, 5) is 11.0. The van der Waals surface area contributed by atoms with Crippen molar-refractivity contribution in [3.63, 3.8) is 0 Å². The van der Waals surface area contributed by atoms with Crippen LogP contribution in [0.4, 0.5) is 0 Å². The molecule has 1 rings (SSSR count). The van der Waals surface area contributed by atoms with Gasteiger partial charge in [-0.05, 0) is 6.07 Å². The van der Waals surface area contributed by atoms with Crippen LogP contribution in [0.3, 0.4) is 0 Å². The summed E-state index contributed by atoms with van der Waals surface area (Å²) in [5.74, 6) is -0.168. The lowest BCUT2D eigenvalue weighted by atomic mass is 10.2. The average molecular weight is 258 g/mol. The maximum absolute atomic E-state index is 11.0. The summed E-state index contributed by atoms with van der Waals surface area (Å²) in [6.45, 7) is 1.68. The van der Waals surface area contributed by atoms with Crippen LogP contribution < -0.4 is 4.18 Å². The second-order valence-corrected chi connectivity index (χ2v) is 4.98. The second kappa shape index (κ2) is 5.67. The Morgan fingerprint density at radius 2 is 1.94 bits per heavy atom. The highest BCUT2D eigenvalue weighted by atomic mass is 32.2. The Morgan fingerprint density at radius 1 is 1.29 bits per heavy atom. The zero-order chi connectivity index (χ0) is 12.9. The molecule has 6 heteroatoms. The van der Waals surface area contributed by atoms with Crippen LogP contribution in [-0.4, -0.2) is 20.6 Å². The zero-order valence-corrected chi connectivity index (χ0v) is 10.5. The van der Waals surface area contributed by atoms with Crippen molar-refractivity contribution in [2.45, 2.75) is 20.0 Å². The SMILES string of the molecule is CCC(=O)OCc1ccccc1OS(C)(=O)=O. The molecule has 0 aliphatic heterocycles. The van der Waals surface area contributed by atoms with Crippen molar-refractivity contribution in [1.29, 1.82) is 0 Å². The van der Waals surface area contributed by atoms with E-state index in [1.807, 2.05) is 0 Å². The fraction of sp³-hybridized carbons (Fsp3) is 0.364. The highest BCUT2D eigenvalue weighted by Gasteiger charge is 2.10. The molecule has 0 spiro atoms. The van der Waals surface area contributed by atoms with Crippen molar-refractivity contribution in [1.82, 2.24) is 0 Å². The molecule has 0 unspecified atom stereocenters. The minimum atomic E-state index is -3.58. The molecule has 0 heterocycles. The van der Waals surface area contributed by atoms with Crippen LogP contribution in [0.25, 0.3) is 0 Å². The van der Waals surface area contributed by atoms with E-state index in [1.54, 1.807) is 25.1 Å². The number of para-hydroxylation sites is 1. The monoisotopic (exact) mass is 258 g/mol. The van der Waals surface area contributed by atoms with E-state index in [-0.39, 0.29) is 24.7 Å². The smallest absolute Gasteiger partial charge is 0.306 e. The van der Waals surface area contributed by atoms with E-state index in [1.165, 1.54) is 6.07 Å². The van der Waals surface area contributed by atoms with E-state index >= 15 is 0 Å². The number of ether oxygens (including phenoxy) is 1. The fourth-order valence-corrected chi connectivity index (χ4v) is 1.62. The molecular weight excluding hydrogens is 244 g/mol. The van der Waals surface area contributed by atoms with E-state index in [9.17, 15) is 13.2 Å². The number of benzene rings is 1. The van der Waals surface area contributed by atoms with Crippen molar-refractivity contribution >= 4 is 16.1 Å². The van der Waals surface area contributed by atoms with E-state index < -0.39 is 10.1 Å². The lowest BCUT2D eigenvalue weighted by molar-refractivity contribution is -0.144. The van der Waals surface area contributed by atoms with Gasteiger partial charge in [0.2, 0.25) is 0 Å². The van der Waals surface area contributed by atoms with Gasteiger partial charge in [0.25, 0.3) is 0 Å². The largest absolute Gasteiger partial charge is 0.461 e. The minimum Gasteiger partial charge on any atom is -0.461 e. The number of carbonyl (C=O) groups is 1. The number of hydrogen-bond donors (Lipinski definition) is 0. The first-order valence-electron chi connectivity index (χ1n) is 5.05. The summed E-state index contributed by atoms with van der Waals surface area (Å²) in [5, 5.41) is 0. The van der Waals surface area contributed by atoms with Gasteiger partial charge in [0.15, 0.2) is 0 Å². The molecule has 0 radical (unpaired) electrons. The maximum atomic E-state index is 11.0. The molecule has 0 atom stereocenters. The van der Waals surface area contributed by atoms with Crippen LogP contribution in [0.15, 0.2) is 24.3 Å². The third kappa shape index (κ3) is 4.86. The molecule has 0 saturated heterocycles. The van der Waals surface area contributed by atoms with Gasteiger partial charge in [-0.15, -0.1) is 0 Å². The third-order valence-electron chi connectivity index (χ3n) is 1.89. The average Bonchev–Trinajstić information content (AvgIpc) is 2.25. The fourth-order valence-electron chi connectivity index (χ4n) is 1.13. The van der Waals surface area contributed by atoms with Gasteiger partial charge in [0.1, 0.15) is 12.4 Å². The molecule has 0 amide bonds. The van der Waals surface area contributed by atoms with Gasteiger partial charge in [-0.3, -0.25) is 4.79 Å². The molecule has 17 heavy (non-hydrogen) atoms. The van der Waals surface area contributed by atoms with Crippen LogP contribution in [0.5, 0.6) is 5.75 Å². The standard InChI is InChI=1S/C11H14O5S/c1-3-11(12)15-8-9-6-4-5-7-10(9)16-17(2,13)14/h4-7H,3,8H2,1-2H3. The molecule has 0 aliphatic carbocycles. The molecule has 1 aromatic rings. The Morgan fingerprint density at radius 3 is 2.53 bits per heavy atom. The number of hydrogen-bond acceptors (Lipinski definition) is 5. The van der Waals surface area contributed by atoms with Gasteiger partial charge in [-0.1, -0.05) is 25.1 Å². The predicted molar refractivity (Wildman–Crippen MR) is 62.0 cm³/mol. The molecule has 0 aliphatic rings. The summed E-state index contributed by atoms with van der Waals surface area (Å²) in [6.07, 6.45) is 1.23. The quantitative estimate of drug-likeness (QED) is 0.591. The van der Waals surface area contributed by atoms with Gasteiger partial charge < -0.3 is 8.92 Å². The Kier molecular flexibility index (Phi) is 4.51. The molecule has 5 nitrogen and oxygen atoms in total. The van der Waals surface area contributed by atoms with E-state index in [2.05, 4.69) is 0 Å². The first kappa shape index (κ1) is 13.5. The molecule has 94 valence electrons. The van der Waals surface area contributed by atoms with Gasteiger partial charge in [-0.2, -0.15) is 8.42 Å². The van der Waals surface area contributed by atoms with Crippen molar-refractivity contribution in [3.05, 3.63) is 29.8 Å². The first-order chi connectivity index (χ1) is 7.92. The van der Waals surface area contributed by atoms with Gasteiger partial charge in [0.05, 0.1) is 6.26 Å². The van der Waals surface area contributed by atoms with Crippen LogP contribution in [0, 0.1) is 0 Å². The van der Waals surface area contributed by atoms with E-state index in [0.29, 0.717) is 5.56 Å². The lowest BCUT2D eigenvalue weighted by Gasteiger charge is -2.09. The highest BCUT2D eigenvalue weighted by molar-refractivity contribution is 7.86. The minimum absolute atomic E-state index is 0.00162. The second-order valence-electron chi connectivity index (χ2n) is 3.41. The van der Waals surface area contributed by atoms with Crippen molar-refractivity contribution in [3.8, 4) is 5.75 Å². The Labute approximate surface area is 100 Å². The van der Waals surface area contributed by atoms with Crippen molar-refractivity contribution < 1.29 is 22.1 Å². The van der Waals surface area contributed by atoms with Crippen LogP contribution in [-0.2, 0) is 26.3 Å². The molecule has 1 aromatic carbocycles. The van der Waals surface area contributed by atoms with E-state index in [4.69, 9.17) is 8.92 Å². The van der Waals surface area contributed by atoms with E-state index in [0.717, 1.165) is 6.26 Å². The number of esters is 1. The Bertz CT molecular complexity index is 492. The topological polar surface area (TPSA) is 69.7 Å². The summed E-state index contributed by atoms with van der Waals surface area (Å²) in [6, 6.07) is 6.51. The third-order valence-corrected chi connectivity index (χ3v) is 2.37. The maximum Gasteiger partial charge on any atom is 0.306 e. The van der Waals surface area contributed by atoms with Crippen LogP contribution >= 0.6 is 0 Å². The lowest BCUT2D eigenvalue weighted by Crippen LogP contribution is -2.09. The van der Waals surface area contributed by atoms with Crippen LogP contribution in [0.2, 0.25) is 0 Å². The first-order valence-corrected chi connectivity index (χ1v) is 6.87. The molecule has 0 N–H and O–H groups in total. The number of carbonyl (C=O) groups excluding carboxylic acids is 1. The van der Waals surface area contributed by atoms with Crippen LogP contribution in [0.1, 0.15) is 18.9 Å². The summed E-state index contributed by atoms with van der Waals surface area (Å²) in [7, 11) is -3.58. The van der Waals surface area contributed by atoms with Crippen molar-refractivity contribution in [2.75, 3.05) is 6.26 Å². The molecule has 0 saturated carbocycles. The summed E-state index contributed by atoms with van der Waals surface area (Å²) in [5.41, 5.74) is 0.514. The summed E-state index contributed by atoms with van der Waals surface area (Å²) >= 11 is 0. The number of rotatable bonds is 5. The molecule has 0 fully saturated rings. The summed E-state index contributed by atoms with van der Waals surface area (Å²) < 4.78 is 31.7. The van der Waals surface area contributed by atoms with Gasteiger partial charge in [-0.25, -0.2) is 0 Å². The molecule has 0 bridgehead atoms. The normalized spacial score (nSPS) is 10.9. The predicted octanol–water partition coefficient (Wildman–Crippen LogP) is 1.48.